The molecule has 0 saturated heterocycles. The second kappa shape index (κ2) is 11.6. The van der Waals surface area contributed by atoms with E-state index in [1.165, 1.54) is 35.6 Å². The Morgan fingerprint density at radius 3 is 2.39 bits per heavy atom. The standard InChI is InChI=1S/C23H28ClN3O3S2.ClH/c1-16-14-17(2)22-20(15-16)31-23(25-22)27(12-5-11-26(3)4)21(28)10-13-32(29,30)19-8-6-18(24)7-9-19;/h6-9,14-15H,5,10-13H2,1-4H3;1H. The molecule has 0 radical (unpaired) electrons. The monoisotopic (exact) mass is 529 g/mol. The molecule has 1 amide bonds. The van der Waals surface area contributed by atoms with Gasteiger partial charge in [-0.3, -0.25) is 9.69 Å². The van der Waals surface area contributed by atoms with Gasteiger partial charge < -0.3 is 4.90 Å². The minimum atomic E-state index is -3.59. The Balaban J connectivity index is 0.00000385. The number of halogens is 2. The highest BCUT2D eigenvalue weighted by molar-refractivity contribution is 7.91. The third-order valence-electron chi connectivity index (χ3n) is 5.09. The first-order chi connectivity index (χ1) is 15.1. The highest BCUT2D eigenvalue weighted by atomic mass is 35.5. The predicted octanol–water partition coefficient (Wildman–Crippen LogP) is 5.14. The lowest BCUT2D eigenvalue weighted by Crippen LogP contribution is -2.34. The van der Waals surface area contributed by atoms with E-state index < -0.39 is 9.84 Å². The average molecular weight is 531 g/mol. The summed E-state index contributed by atoms with van der Waals surface area (Å²) < 4.78 is 26.4. The Labute approximate surface area is 210 Å². The number of fused-ring (bicyclic) bond motifs is 1. The van der Waals surface area contributed by atoms with Crippen LogP contribution in [0.1, 0.15) is 24.0 Å². The zero-order valence-corrected chi connectivity index (χ0v) is 22.4. The van der Waals surface area contributed by atoms with Crippen molar-refractivity contribution in [2.45, 2.75) is 31.6 Å². The summed E-state index contributed by atoms with van der Waals surface area (Å²) in [5.74, 6) is -0.504. The molecule has 0 N–H and O–H groups in total. The number of hydrogen-bond donors (Lipinski definition) is 0. The van der Waals surface area contributed by atoms with Crippen LogP contribution in [0.3, 0.4) is 0 Å². The van der Waals surface area contributed by atoms with Gasteiger partial charge in [0.25, 0.3) is 0 Å². The molecule has 1 heterocycles. The second-order valence-corrected chi connectivity index (χ2v) is 11.7. The molecule has 10 heteroatoms. The first kappa shape index (κ1) is 27.5. The maximum Gasteiger partial charge on any atom is 0.229 e. The molecule has 0 saturated carbocycles. The minimum Gasteiger partial charge on any atom is -0.309 e. The Kier molecular flexibility index (Phi) is 9.70. The summed E-state index contributed by atoms with van der Waals surface area (Å²) in [5, 5.41) is 1.08. The van der Waals surface area contributed by atoms with Crippen molar-refractivity contribution < 1.29 is 13.2 Å². The van der Waals surface area contributed by atoms with E-state index in [1.54, 1.807) is 4.90 Å². The van der Waals surface area contributed by atoms with Crippen LogP contribution in [0.2, 0.25) is 5.02 Å². The summed E-state index contributed by atoms with van der Waals surface area (Å²) in [7, 11) is 0.372. The molecule has 0 spiro atoms. The second-order valence-electron chi connectivity index (χ2n) is 8.15. The van der Waals surface area contributed by atoms with E-state index in [0.717, 1.165) is 34.3 Å². The molecule has 0 aliphatic heterocycles. The minimum absolute atomic E-state index is 0. The average Bonchev–Trinajstić information content (AvgIpc) is 3.13. The van der Waals surface area contributed by atoms with Crippen molar-refractivity contribution in [1.82, 2.24) is 9.88 Å². The Bertz CT molecular complexity index is 1210. The van der Waals surface area contributed by atoms with Crippen LogP contribution in [0.25, 0.3) is 10.2 Å². The fraction of sp³-hybridized carbons (Fsp3) is 0.391. The fourth-order valence-electron chi connectivity index (χ4n) is 3.46. The number of sulfone groups is 1. The van der Waals surface area contributed by atoms with Crippen LogP contribution in [0, 0.1) is 13.8 Å². The number of anilines is 1. The molecule has 0 atom stereocenters. The normalized spacial score (nSPS) is 11.6. The molecule has 0 bridgehead atoms. The molecule has 0 aliphatic carbocycles. The van der Waals surface area contributed by atoms with Crippen molar-refractivity contribution in [3.05, 3.63) is 52.5 Å². The number of rotatable bonds is 9. The summed E-state index contributed by atoms with van der Waals surface area (Å²) >= 11 is 7.33. The van der Waals surface area contributed by atoms with Crippen molar-refractivity contribution >= 4 is 66.4 Å². The van der Waals surface area contributed by atoms with Gasteiger partial charge in [0.1, 0.15) is 0 Å². The summed E-state index contributed by atoms with van der Waals surface area (Å²) in [5.41, 5.74) is 3.09. The van der Waals surface area contributed by atoms with Gasteiger partial charge in [-0.25, -0.2) is 13.4 Å². The van der Waals surface area contributed by atoms with Crippen LogP contribution in [0.15, 0.2) is 41.3 Å². The van der Waals surface area contributed by atoms with E-state index >= 15 is 0 Å². The van der Waals surface area contributed by atoms with Crippen molar-refractivity contribution in [3.63, 3.8) is 0 Å². The number of benzene rings is 2. The first-order valence-corrected chi connectivity index (χ1v) is 13.2. The SMILES string of the molecule is Cc1cc(C)c2nc(N(CCCN(C)C)C(=O)CCS(=O)(=O)c3ccc(Cl)cc3)sc2c1.Cl. The van der Waals surface area contributed by atoms with Gasteiger partial charge in [0, 0.05) is 18.0 Å². The van der Waals surface area contributed by atoms with E-state index in [4.69, 9.17) is 16.6 Å². The topological polar surface area (TPSA) is 70.6 Å². The third-order valence-corrected chi connectivity index (χ3v) is 8.10. The molecule has 0 fully saturated rings. The quantitative estimate of drug-likeness (QED) is 0.383. The van der Waals surface area contributed by atoms with Crippen molar-refractivity contribution in [1.29, 1.82) is 0 Å². The molecule has 3 aromatic rings. The number of hydrogen-bond acceptors (Lipinski definition) is 6. The molecule has 33 heavy (non-hydrogen) atoms. The molecule has 6 nitrogen and oxygen atoms in total. The van der Waals surface area contributed by atoms with Crippen molar-refractivity contribution in [2.24, 2.45) is 0 Å². The molecular weight excluding hydrogens is 501 g/mol. The highest BCUT2D eigenvalue weighted by Crippen LogP contribution is 2.32. The van der Waals surface area contributed by atoms with Crippen LogP contribution >= 0.6 is 35.3 Å². The predicted molar refractivity (Wildman–Crippen MR) is 140 cm³/mol. The van der Waals surface area contributed by atoms with Gasteiger partial charge in [-0.05, 0) is 82.4 Å². The lowest BCUT2D eigenvalue weighted by atomic mass is 10.1. The van der Waals surface area contributed by atoms with Gasteiger partial charge in [0.15, 0.2) is 15.0 Å². The van der Waals surface area contributed by atoms with Crippen LogP contribution in [0.4, 0.5) is 5.13 Å². The lowest BCUT2D eigenvalue weighted by molar-refractivity contribution is -0.118. The van der Waals surface area contributed by atoms with Gasteiger partial charge in [-0.2, -0.15) is 0 Å². The summed E-state index contributed by atoms with van der Waals surface area (Å²) in [6, 6.07) is 10.1. The molecular formula is C23H29Cl2N3O3S2. The number of carbonyl (C=O) groups is 1. The van der Waals surface area contributed by atoms with E-state index in [9.17, 15) is 13.2 Å². The first-order valence-electron chi connectivity index (χ1n) is 10.4. The van der Waals surface area contributed by atoms with E-state index in [-0.39, 0.29) is 35.4 Å². The largest absolute Gasteiger partial charge is 0.309 e. The Morgan fingerprint density at radius 2 is 1.76 bits per heavy atom. The smallest absolute Gasteiger partial charge is 0.229 e. The van der Waals surface area contributed by atoms with Gasteiger partial charge in [0.05, 0.1) is 20.9 Å². The molecule has 1 aromatic heterocycles. The van der Waals surface area contributed by atoms with Crippen molar-refractivity contribution in [2.75, 3.05) is 37.8 Å². The zero-order valence-electron chi connectivity index (χ0n) is 19.2. The fourth-order valence-corrected chi connectivity index (χ4v) is 6.00. The van der Waals surface area contributed by atoms with E-state index in [0.29, 0.717) is 16.7 Å². The summed E-state index contributed by atoms with van der Waals surface area (Å²) in [6.07, 6.45) is 0.650. The number of amides is 1. The number of aromatic nitrogens is 1. The van der Waals surface area contributed by atoms with Crippen LogP contribution in [-0.2, 0) is 14.6 Å². The number of aryl methyl sites for hydroxylation is 2. The number of carbonyl (C=O) groups excluding carboxylic acids is 1. The molecule has 2 aromatic carbocycles. The van der Waals surface area contributed by atoms with Crippen molar-refractivity contribution in [3.8, 4) is 0 Å². The highest BCUT2D eigenvalue weighted by Gasteiger charge is 2.23. The molecule has 3 rings (SSSR count). The third kappa shape index (κ3) is 7.13. The van der Waals surface area contributed by atoms with Crippen LogP contribution in [0.5, 0.6) is 0 Å². The van der Waals surface area contributed by atoms with Crippen LogP contribution in [-0.4, -0.2) is 57.1 Å². The Morgan fingerprint density at radius 1 is 1.09 bits per heavy atom. The van der Waals surface area contributed by atoms with Gasteiger partial charge in [0.2, 0.25) is 5.91 Å². The molecule has 0 aliphatic rings. The van der Waals surface area contributed by atoms with E-state index in [1.807, 2.05) is 27.9 Å². The van der Waals surface area contributed by atoms with Gasteiger partial charge in [-0.1, -0.05) is 29.0 Å². The van der Waals surface area contributed by atoms with Gasteiger partial charge >= 0.3 is 0 Å². The lowest BCUT2D eigenvalue weighted by Gasteiger charge is -2.21. The maximum absolute atomic E-state index is 13.2. The zero-order chi connectivity index (χ0) is 23.5. The molecule has 0 unspecified atom stereocenters. The number of nitrogens with zero attached hydrogens (tertiary/aromatic N) is 3. The summed E-state index contributed by atoms with van der Waals surface area (Å²) in [4.78, 5) is 21.8. The maximum atomic E-state index is 13.2. The number of thiazole rings is 1. The molecule has 180 valence electrons. The Hall–Kier alpha value is -1.71. The van der Waals surface area contributed by atoms with Crippen LogP contribution < -0.4 is 4.90 Å². The van der Waals surface area contributed by atoms with Gasteiger partial charge in [-0.15, -0.1) is 12.4 Å². The van der Waals surface area contributed by atoms with E-state index in [2.05, 4.69) is 17.0 Å². The summed E-state index contributed by atoms with van der Waals surface area (Å²) in [6.45, 7) is 5.34.